The van der Waals surface area contributed by atoms with Gasteiger partial charge in [-0.15, -0.1) is 0 Å². The average Bonchev–Trinajstić information content (AvgIpc) is 1.93. The Morgan fingerprint density at radius 3 is 0.650 bits per heavy atom. The van der Waals surface area contributed by atoms with Crippen molar-refractivity contribution in [3.8, 4) is 0 Å². The van der Waals surface area contributed by atoms with E-state index in [1.54, 1.807) is 0 Å². The molecule has 0 unspecified atom stereocenters. The first-order valence-corrected chi connectivity index (χ1v) is 4.33. The van der Waals surface area contributed by atoms with Gasteiger partial charge in [-0.2, -0.15) is 6.42 Å². The summed E-state index contributed by atoms with van der Waals surface area (Å²) in [6, 6.07) is 0. The fourth-order valence-corrected chi connectivity index (χ4v) is 0. The molecule has 0 fully saturated rings. The first-order chi connectivity index (χ1) is 7.91. The molecule has 0 aromatic rings. The topological polar surface area (TPSA) is 0 Å². The summed E-state index contributed by atoms with van der Waals surface area (Å²) in [5.41, 5.74) is 0. The van der Waals surface area contributed by atoms with Crippen molar-refractivity contribution >= 4 is 21.8 Å². The number of hydrogen-bond acceptors (Lipinski definition) is 0. The summed E-state index contributed by atoms with van der Waals surface area (Å²) in [5.74, 6) is 0. The van der Waals surface area contributed by atoms with Crippen LogP contribution in [-0.2, 0) is 0 Å². The third kappa shape index (κ3) is 1550. The minimum absolute atomic E-state index is 0. The zero-order valence-electron chi connectivity index (χ0n) is 10.4. The summed E-state index contributed by atoms with van der Waals surface area (Å²) in [4.78, 5) is 0. The van der Waals surface area contributed by atoms with Crippen molar-refractivity contribution in [1.29, 1.82) is 0 Å². The van der Waals surface area contributed by atoms with Crippen LogP contribution < -0.4 is 51.4 Å². The van der Waals surface area contributed by atoms with Gasteiger partial charge in [0.1, 0.15) is 0 Å². The summed E-state index contributed by atoms with van der Waals surface area (Å²) in [7, 11) is -18.0. The summed E-state index contributed by atoms with van der Waals surface area (Å²) in [6.07, 6.45) is 2.28. The molecular weight excluding hydrogens is 348 g/mol. The Labute approximate surface area is 150 Å². The molecule has 0 heterocycles. The van der Waals surface area contributed by atoms with Gasteiger partial charge in [-0.25, -0.2) is 0 Å². The molecule has 0 nitrogen and oxygen atoms in total. The molecule has 0 N–H and O–H groups in total. The van der Waals surface area contributed by atoms with Gasteiger partial charge in [0.25, 0.3) is 0 Å². The first-order valence-electron chi connectivity index (χ1n) is 4.33. The van der Waals surface area contributed by atoms with Crippen LogP contribution in [0.5, 0.6) is 0 Å². The maximum Gasteiger partial charge on any atom is 1.00 e. The quantitative estimate of drug-likeness (QED) is 0.385. The van der Waals surface area contributed by atoms with Crippen LogP contribution in [0.1, 0.15) is 19.8 Å². The zero-order chi connectivity index (χ0) is 16.9. The van der Waals surface area contributed by atoms with Crippen LogP contribution >= 0.6 is 0 Å². The van der Waals surface area contributed by atoms with Gasteiger partial charge in [0.15, 0.2) is 0 Å². The molecular formula is C4H9B3F12K-3. The predicted molar refractivity (Wildman–Crippen MR) is 50.8 cm³/mol. The van der Waals surface area contributed by atoms with E-state index in [0.29, 0.717) is 0 Å². The predicted octanol–water partition coefficient (Wildman–Crippen LogP) is 2.52. The zero-order valence-corrected chi connectivity index (χ0v) is 13.5. The van der Waals surface area contributed by atoms with Crippen LogP contribution in [-0.4, -0.2) is 21.8 Å². The van der Waals surface area contributed by atoms with E-state index in [9.17, 15) is 51.8 Å². The molecule has 0 saturated carbocycles. The van der Waals surface area contributed by atoms with Gasteiger partial charge in [-0.05, 0) is 0 Å². The van der Waals surface area contributed by atoms with Gasteiger partial charge in [0.2, 0.25) is 0 Å². The Morgan fingerprint density at radius 1 is 0.600 bits per heavy atom. The van der Waals surface area contributed by atoms with Crippen molar-refractivity contribution < 1.29 is 103 Å². The van der Waals surface area contributed by atoms with E-state index in [2.05, 4.69) is 13.8 Å². The second kappa shape index (κ2) is 16.4. The smallest absolute Gasteiger partial charge is 0.418 e. The van der Waals surface area contributed by atoms with Crippen LogP contribution in [0.2, 0.25) is 0 Å². The Morgan fingerprint density at radius 2 is 0.650 bits per heavy atom. The van der Waals surface area contributed by atoms with Crippen molar-refractivity contribution in [3.63, 3.8) is 0 Å². The molecule has 0 aliphatic heterocycles. The number of unbranched alkanes of at least 4 members (excludes halogenated alkanes) is 1. The molecule has 0 rings (SSSR count). The Kier molecular flexibility index (Phi) is 26.8. The van der Waals surface area contributed by atoms with Gasteiger partial charge in [-0.3, -0.25) is 0 Å². The maximum atomic E-state index is 9.75. The normalized spacial score (nSPS) is 10.5. The second-order valence-electron chi connectivity index (χ2n) is 2.34. The molecule has 0 aliphatic carbocycles. The SMILES string of the molecule is F[B-](F)(F)F.F[B-](F)(F)F.F[B-](F)(F)F.[CH2-]CCC.[K+]. The molecule has 16 heteroatoms. The van der Waals surface area contributed by atoms with Crippen molar-refractivity contribution in [1.82, 2.24) is 0 Å². The molecule has 0 radical (unpaired) electrons. The van der Waals surface area contributed by atoms with E-state index in [0.717, 1.165) is 6.42 Å². The van der Waals surface area contributed by atoms with Gasteiger partial charge in [-0.1, -0.05) is 13.3 Å². The van der Waals surface area contributed by atoms with Gasteiger partial charge in [0.05, 0.1) is 0 Å². The van der Waals surface area contributed by atoms with Crippen molar-refractivity contribution in [2.24, 2.45) is 0 Å². The maximum absolute atomic E-state index is 9.75. The average molecular weight is 357 g/mol. The van der Waals surface area contributed by atoms with Crippen molar-refractivity contribution in [2.45, 2.75) is 19.8 Å². The van der Waals surface area contributed by atoms with Crippen LogP contribution in [0.3, 0.4) is 0 Å². The molecule has 0 saturated heterocycles. The molecule has 0 aliphatic rings. The Bertz CT molecular complexity index is 126. The molecule has 0 bridgehead atoms. The van der Waals surface area contributed by atoms with Crippen LogP contribution in [0.25, 0.3) is 0 Å². The van der Waals surface area contributed by atoms with E-state index in [1.807, 2.05) is 0 Å². The number of halogens is 12. The van der Waals surface area contributed by atoms with Crippen LogP contribution in [0.4, 0.5) is 51.8 Å². The fraction of sp³-hybridized carbons (Fsp3) is 0.750. The molecule has 0 aromatic carbocycles. The number of hydrogen-bond donors (Lipinski definition) is 0. The largest absolute Gasteiger partial charge is 1.00 e. The first kappa shape index (κ1) is 32.8. The van der Waals surface area contributed by atoms with E-state index >= 15 is 0 Å². The molecule has 0 spiro atoms. The second-order valence-corrected chi connectivity index (χ2v) is 2.34. The molecule has 0 amide bonds. The van der Waals surface area contributed by atoms with E-state index in [4.69, 9.17) is 0 Å². The number of rotatable bonds is 1. The molecule has 0 atom stereocenters. The van der Waals surface area contributed by atoms with E-state index in [1.165, 1.54) is 6.42 Å². The van der Waals surface area contributed by atoms with E-state index in [-0.39, 0.29) is 51.4 Å². The van der Waals surface area contributed by atoms with E-state index < -0.39 is 21.8 Å². The Hall–Kier alpha value is 0.991. The molecule has 0 aromatic heterocycles. The van der Waals surface area contributed by atoms with Gasteiger partial charge in [0, 0.05) is 0 Å². The van der Waals surface area contributed by atoms with Crippen molar-refractivity contribution in [3.05, 3.63) is 6.92 Å². The Balaban J connectivity index is -0.0000000494. The summed E-state index contributed by atoms with van der Waals surface area (Å²) >= 11 is 0. The minimum atomic E-state index is -6.00. The van der Waals surface area contributed by atoms with Crippen molar-refractivity contribution in [2.75, 3.05) is 0 Å². The standard InChI is InChI=1S/C4H9.3BF4.K/c1-3-4-2;3*2-1(3,4)5;/h1,3-4H2,2H3;;;;/q4*-1;+1. The molecule has 122 valence electrons. The summed E-state index contributed by atoms with van der Waals surface area (Å²) in [6.45, 7) is 5.72. The fourth-order valence-electron chi connectivity index (χ4n) is 0. The third-order valence-electron chi connectivity index (χ3n) is 0.354. The minimum Gasteiger partial charge on any atom is -0.418 e. The van der Waals surface area contributed by atoms with Gasteiger partial charge >= 0.3 is 73.1 Å². The summed E-state index contributed by atoms with van der Waals surface area (Å²) in [5, 5.41) is 0. The monoisotopic (exact) mass is 357 g/mol. The van der Waals surface area contributed by atoms with Crippen LogP contribution in [0.15, 0.2) is 0 Å². The van der Waals surface area contributed by atoms with Gasteiger partial charge < -0.3 is 58.7 Å². The third-order valence-corrected chi connectivity index (χ3v) is 0.354. The van der Waals surface area contributed by atoms with Crippen LogP contribution in [0, 0.1) is 6.92 Å². The summed E-state index contributed by atoms with van der Waals surface area (Å²) < 4.78 is 117. The molecule has 20 heavy (non-hydrogen) atoms.